The Labute approximate surface area is 128 Å². The summed E-state index contributed by atoms with van der Waals surface area (Å²) >= 11 is 0. The van der Waals surface area contributed by atoms with E-state index in [1.54, 1.807) is 23.2 Å². The maximum atomic E-state index is 12.1. The second kappa shape index (κ2) is 5.85. The number of nitrogens with one attached hydrogen (secondary N) is 2. The molecule has 3 rings (SSSR count). The van der Waals surface area contributed by atoms with Gasteiger partial charge < -0.3 is 10.6 Å². The van der Waals surface area contributed by atoms with Crippen LogP contribution in [0, 0.1) is 6.92 Å². The number of aryl methyl sites for hydroxylation is 1. The van der Waals surface area contributed by atoms with Crippen LogP contribution in [-0.2, 0) is 0 Å². The second-order valence-corrected chi connectivity index (χ2v) is 5.08. The lowest BCUT2D eigenvalue weighted by Crippen LogP contribution is -2.27. The molecule has 1 aliphatic rings. The molecule has 1 fully saturated rings. The van der Waals surface area contributed by atoms with E-state index in [9.17, 15) is 9.59 Å². The summed E-state index contributed by atoms with van der Waals surface area (Å²) in [5, 5.41) is 5.62. The fourth-order valence-electron chi connectivity index (χ4n) is 2.37. The summed E-state index contributed by atoms with van der Waals surface area (Å²) in [5.41, 5.74) is 2.95. The smallest absolute Gasteiger partial charge is 0.321 e. The molecule has 6 nitrogen and oxygen atoms in total. The highest BCUT2D eigenvalue weighted by Crippen LogP contribution is 2.24. The summed E-state index contributed by atoms with van der Waals surface area (Å²) in [6.45, 7) is 3.20. The molecule has 2 heterocycles. The van der Waals surface area contributed by atoms with E-state index < -0.39 is 0 Å². The first-order valence-electron chi connectivity index (χ1n) is 7.02. The van der Waals surface area contributed by atoms with Crippen molar-refractivity contribution in [3.63, 3.8) is 0 Å². The van der Waals surface area contributed by atoms with Gasteiger partial charge in [-0.2, -0.15) is 0 Å². The zero-order valence-corrected chi connectivity index (χ0v) is 12.2. The molecule has 0 aliphatic carbocycles. The number of hydrogen-bond donors (Lipinski definition) is 2. The Balaban J connectivity index is 1.78. The van der Waals surface area contributed by atoms with Gasteiger partial charge in [-0.1, -0.05) is 0 Å². The number of anilines is 2. The minimum Gasteiger partial charge on any atom is -0.336 e. The van der Waals surface area contributed by atoms with Crippen LogP contribution in [0.4, 0.5) is 16.2 Å². The third-order valence-electron chi connectivity index (χ3n) is 3.55. The average molecular weight is 296 g/mol. The van der Waals surface area contributed by atoms with E-state index in [0.717, 1.165) is 16.9 Å². The SMILES string of the molecule is Cc1cc(N2CCNC2=O)ccc1NC(=O)c1cccnc1. The summed E-state index contributed by atoms with van der Waals surface area (Å²) in [4.78, 5) is 29.4. The number of carbonyl (C=O) groups excluding carboxylic acids is 2. The third-order valence-corrected chi connectivity index (χ3v) is 3.55. The molecule has 0 spiro atoms. The Morgan fingerprint density at radius 1 is 1.36 bits per heavy atom. The number of pyridine rings is 1. The third kappa shape index (κ3) is 2.76. The van der Waals surface area contributed by atoms with Crippen molar-refractivity contribution in [1.82, 2.24) is 10.3 Å². The fraction of sp³-hybridized carbons (Fsp3) is 0.188. The number of rotatable bonds is 3. The summed E-state index contributed by atoms with van der Waals surface area (Å²) in [6, 6.07) is 8.87. The first kappa shape index (κ1) is 14.1. The van der Waals surface area contributed by atoms with E-state index in [1.807, 2.05) is 25.1 Å². The van der Waals surface area contributed by atoms with Crippen molar-refractivity contribution in [3.05, 3.63) is 53.9 Å². The minimum atomic E-state index is -0.206. The highest BCUT2D eigenvalue weighted by atomic mass is 16.2. The Hall–Kier alpha value is -2.89. The maximum absolute atomic E-state index is 12.1. The van der Waals surface area contributed by atoms with Crippen molar-refractivity contribution in [3.8, 4) is 0 Å². The van der Waals surface area contributed by atoms with Crippen molar-refractivity contribution in [1.29, 1.82) is 0 Å². The van der Waals surface area contributed by atoms with Gasteiger partial charge in [0.1, 0.15) is 0 Å². The van der Waals surface area contributed by atoms with Crippen molar-refractivity contribution in [2.45, 2.75) is 6.92 Å². The number of nitrogens with zero attached hydrogens (tertiary/aromatic N) is 2. The number of carbonyl (C=O) groups is 2. The molecule has 2 aromatic rings. The van der Waals surface area contributed by atoms with E-state index in [0.29, 0.717) is 18.7 Å². The zero-order chi connectivity index (χ0) is 15.5. The lowest BCUT2D eigenvalue weighted by Gasteiger charge is -2.16. The first-order valence-corrected chi connectivity index (χ1v) is 7.02. The van der Waals surface area contributed by atoms with Crippen molar-refractivity contribution in [2.75, 3.05) is 23.3 Å². The molecule has 112 valence electrons. The van der Waals surface area contributed by atoms with Gasteiger partial charge in [-0.05, 0) is 42.8 Å². The largest absolute Gasteiger partial charge is 0.336 e. The number of urea groups is 1. The number of amides is 3. The normalized spacial score (nSPS) is 13.9. The maximum Gasteiger partial charge on any atom is 0.321 e. The van der Waals surface area contributed by atoms with Crippen LogP contribution in [0.3, 0.4) is 0 Å². The molecule has 1 aliphatic heterocycles. The van der Waals surface area contributed by atoms with Crippen LogP contribution in [0.25, 0.3) is 0 Å². The highest BCUT2D eigenvalue weighted by molar-refractivity contribution is 6.04. The molecule has 0 unspecified atom stereocenters. The van der Waals surface area contributed by atoms with Crippen LogP contribution in [0.15, 0.2) is 42.7 Å². The summed E-state index contributed by atoms with van der Waals surface area (Å²) in [5.74, 6) is -0.206. The van der Waals surface area contributed by atoms with Gasteiger partial charge in [0.25, 0.3) is 5.91 Å². The average Bonchev–Trinajstić information content (AvgIpc) is 2.96. The predicted octanol–water partition coefficient (Wildman–Crippen LogP) is 2.17. The molecule has 0 bridgehead atoms. The van der Waals surface area contributed by atoms with Crippen molar-refractivity contribution >= 4 is 23.3 Å². The predicted molar refractivity (Wildman–Crippen MR) is 84.1 cm³/mol. The lowest BCUT2D eigenvalue weighted by molar-refractivity contribution is 0.102. The summed E-state index contributed by atoms with van der Waals surface area (Å²) < 4.78 is 0. The second-order valence-electron chi connectivity index (χ2n) is 5.08. The Morgan fingerprint density at radius 2 is 2.23 bits per heavy atom. The van der Waals surface area contributed by atoms with Crippen LogP contribution in [-0.4, -0.2) is 30.0 Å². The summed E-state index contributed by atoms with van der Waals surface area (Å²) in [7, 11) is 0. The van der Waals surface area contributed by atoms with Gasteiger partial charge in [0.2, 0.25) is 0 Å². The highest BCUT2D eigenvalue weighted by Gasteiger charge is 2.21. The quantitative estimate of drug-likeness (QED) is 0.911. The van der Waals surface area contributed by atoms with Crippen LogP contribution >= 0.6 is 0 Å². The van der Waals surface area contributed by atoms with Crippen LogP contribution in [0.1, 0.15) is 15.9 Å². The molecule has 0 radical (unpaired) electrons. The first-order chi connectivity index (χ1) is 10.6. The molecular formula is C16H16N4O2. The number of aromatic nitrogens is 1. The minimum absolute atomic E-state index is 0.0912. The van der Waals surface area contributed by atoms with Gasteiger partial charge in [0.05, 0.1) is 5.56 Å². The molecular weight excluding hydrogens is 280 g/mol. The lowest BCUT2D eigenvalue weighted by atomic mass is 10.1. The van der Waals surface area contributed by atoms with E-state index in [4.69, 9.17) is 0 Å². The molecule has 0 saturated carbocycles. The Kier molecular flexibility index (Phi) is 3.74. The molecule has 1 aromatic carbocycles. The standard InChI is InChI=1S/C16H16N4O2/c1-11-9-13(20-8-7-18-16(20)22)4-5-14(11)19-15(21)12-3-2-6-17-10-12/h2-6,9-10H,7-8H2,1H3,(H,18,22)(H,19,21). The van der Waals surface area contributed by atoms with E-state index in [2.05, 4.69) is 15.6 Å². The Bertz CT molecular complexity index is 715. The van der Waals surface area contributed by atoms with E-state index >= 15 is 0 Å². The fourth-order valence-corrected chi connectivity index (χ4v) is 2.37. The molecule has 2 N–H and O–H groups in total. The van der Waals surface area contributed by atoms with Crippen LogP contribution in [0.2, 0.25) is 0 Å². The number of hydrogen-bond acceptors (Lipinski definition) is 3. The van der Waals surface area contributed by atoms with Gasteiger partial charge >= 0.3 is 6.03 Å². The van der Waals surface area contributed by atoms with Gasteiger partial charge in [0.15, 0.2) is 0 Å². The molecule has 6 heteroatoms. The van der Waals surface area contributed by atoms with Gasteiger partial charge in [0, 0.05) is 36.9 Å². The monoisotopic (exact) mass is 296 g/mol. The van der Waals surface area contributed by atoms with Gasteiger partial charge in [-0.15, -0.1) is 0 Å². The van der Waals surface area contributed by atoms with E-state index in [1.165, 1.54) is 6.20 Å². The Morgan fingerprint density at radius 3 is 2.86 bits per heavy atom. The van der Waals surface area contributed by atoms with Crippen LogP contribution < -0.4 is 15.5 Å². The molecule has 0 atom stereocenters. The zero-order valence-electron chi connectivity index (χ0n) is 12.2. The van der Waals surface area contributed by atoms with Gasteiger partial charge in [-0.3, -0.25) is 14.7 Å². The molecule has 1 aromatic heterocycles. The van der Waals surface area contributed by atoms with Crippen LogP contribution in [0.5, 0.6) is 0 Å². The molecule has 1 saturated heterocycles. The van der Waals surface area contributed by atoms with Crippen molar-refractivity contribution in [2.24, 2.45) is 0 Å². The van der Waals surface area contributed by atoms with Crippen molar-refractivity contribution < 1.29 is 9.59 Å². The molecule has 3 amide bonds. The number of benzene rings is 1. The van der Waals surface area contributed by atoms with E-state index in [-0.39, 0.29) is 11.9 Å². The topological polar surface area (TPSA) is 74.3 Å². The summed E-state index contributed by atoms with van der Waals surface area (Å²) in [6.07, 6.45) is 3.14. The van der Waals surface area contributed by atoms with Gasteiger partial charge in [-0.25, -0.2) is 4.79 Å². The molecule has 22 heavy (non-hydrogen) atoms.